The lowest BCUT2D eigenvalue weighted by Gasteiger charge is -1.92. The maximum absolute atomic E-state index is 10.6. The van der Waals surface area contributed by atoms with Gasteiger partial charge in [-0.15, -0.1) is 4.28 Å². The predicted octanol–water partition coefficient (Wildman–Crippen LogP) is 0.0157. The van der Waals surface area contributed by atoms with E-state index < -0.39 is 10.1 Å². The van der Waals surface area contributed by atoms with Crippen molar-refractivity contribution in [1.82, 2.24) is 0 Å². The van der Waals surface area contributed by atoms with Crippen LogP contribution in [-0.4, -0.2) is 14.7 Å². The molecular formula is C6H7ClNO3S+. The van der Waals surface area contributed by atoms with E-state index >= 15 is 0 Å². The predicted molar refractivity (Wildman–Crippen MR) is 43.1 cm³/mol. The molecule has 0 atom stereocenters. The standard InChI is InChI=1S/C6H7ClNO3S/c1-12(9,10)11-8-4-2-3-6(7)5-8/h2-5H,1H3/q+1. The quantitative estimate of drug-likeness (QED) is 0.644. The van der Waals surface area contributed by atoms with Crippen molar-refractivity contribution in [3.63, 3.8) is 0 Å². The smallest absolute Gasteiger partial charge is 0.181 e. The summed E-state index contributed by atoms with van der Waals surface area (Å²) in [5.41, 5.74) is 0. The number of rotatable bonds is 2. The molecule has 0 saturated carbocycles. The van der Waals surface area contributed by atoms with Gasteiger partial charge in [0, 0.05) is 10.8 Å². The van der Waals surface area contributed by atoms with E-state index in [4.69, 9.17) is 11.6 Å². The molecule has 1 aromatic heterocycles. The van der Waals surface area contributed by atoms with Gasteiger partial charge in [-0.25, -0.2) is 0 Å². The summed E-state index contributed by atoms with van der Waals surface area (Å²) in [5.74, 6) is 0. The molecule has 0 aromatic carbocycles. The minimum absolute atomic E-state index is 0.404. The van der Waals surface area contributed by atoms with E-state index in [1.807, 2.05) is 0 Å². The summed E-state index contributed by atoms with van der Waals surface area (Å²) in [7, 11) is -3.49. The van der Waals surface area contributed by atoms with Gasteiger partial charge in [0.15, 0.2) is 0 Å². The average molecular weight is 209 g/mol. The number of hydrogen-bond acceptors (Lipinski definition) is 3. The third-order valence-corrected chi connectivity index (χ3v) is 1.63. The molecule has 0 saturated heterocycles. The zero-order valence-electron chi connectivity index (χ0n) is 6.27. The van der Waals surface area contributed by atoms with Crippen molar-refractivity contribution in [2.75, 3.05) is 6.26 Å². The molecule has 0 aliphatic carbocycles. The van der Waals surface area contributed by atoms with Crippen LogP contribution in [0.15, 0.2) is 24.5 Å². The Bertz CT molecular complexity index is 376. The van der Waals surface area contributed by atoms with Gasteiger partial charge in [-0.1, -0.05) is 11.6 Å². The lowest BCUT2D eigenvalue weighted by atomic mass is 10.5. The highest BCUT2D eigenvalue weighted by Gasteiger charge is 2.10. The van der Waals surface area contributed by atoms with Gasteiger partial charge in [-0.05, 0) is 6.07 Å². The fourth-order valence-electron chi connectivity index (χ4n) is 0.630. The molecule has 0 fully saturated rings. The highest BCUT2D eigenvalue weighted by Crippen LogP contribution is 2.00. The lowest BCUT2D eigenvalue weighted by Crippen LogP contribution is -2.44. The van der Waals surface area contributed by atoms with E-state index in [0.29, 0.717) is 5.02 Å². The number of nitrogens with zero attached hydrogens (tertiary/aromatic N) is 1. The first-order valence-corrected chi connectivity index (χ1v) is 5.23. The van der Waals surface area contributed by atoms with E-state index in [9.17, 15) is 8.42 Å². The molecule has 12 heavy (non-hydrogen) atoms. The summed E-state index contributed by atoms with van der Waals surface area (Å²) in [6.45, 7) is 0. The van der Waals surface area contributed by atoms with Gasteiger partial charge in [0.1, 0.15) is 5.02 Å². The summed E-state index contributed by atoms with van der Waals surface area (Å²) < 4.78 is 26.8. The molecule has 66 valence electrons. The first kappa shape index (κ1) is 9.28. The van der Waals surface area contributed by atoms with Crippen LogP contribution in [-0.2, 0) is 10.1 Å². The Balaban J connectivity index is 2.91. The third kappa shape index (κ3) is 3.06. The Hall–Kier alpha value is -0.810. The van der Waals surface area contributed by atoms with E-state index in [-0.39, 0.29) is 0 Å². The van der Waals surface area contributed by atoms with Crippen molar-refractivity contribution in [2.45, 2.75) is 0 Å². The Morgan fingerprint density at radius 2 is 2.25 bits per heavy atom. The van der Waals surface area contributed by atoms with Crippen LogP contribution in [0, 0.1) is 0 Å². The molecule has 0 amide bonds. The van der Waals surface area contributed by atoms with Crippen molar-refractivity contribution in [1.29, 1.82) is 0 Å². The van der Waals surface area contributed by atoms with Crippen molar-refractivity contribution < 1.29 is 17.4 Å². The van der Waals surface area contributed by atoms with Crippen LogP contribution in [0.2, 0.25) is 5.02 Å². The molecule has 1 rings (SSSR count). The van der Waals surface area contributed by atoms with Gasteiger partial charge < -0.3 is 0 Å². The molecule has 0 spiro atoms. The Kier molecular flexibility index (Phi) is 2.54. The molecule has 0 aliphatic heterocycles. The van der Waals surface area contributed by atoms with E-state index in [1.54, 1.807) is 12.1 Å². The zero-order valence-corrected chi connectivity index (χ0v) is 7.84. The van der Waals surface area contributed by atoms with Crippen LogP contribution in [0.4, 0.5) is 0 Å². The van der Waals surface area contributed by atoms with Crippen LogP contribution in [0.25, 0.3) is 0 Å². The van der Waals surface area contributed by atoms with E-state index in [1.165, 1.54) is 12.4 Å². The molecular weight excluding hydrogens is 202 g/mol. The van der Waals surface area contributed by atoms with E-state index in [0.717, 1.165) is 11.0 Å². The monoisotopic (exact) mass is 208 g/mol. The summed E-state index contributed by atoms with van der Waals surface area (Å²) in [4.78, 5) is 0. The summed E-state index contributed by atoms with van der Waals surface area (Å²) in [5, 5.41) is 0.404. The highest BCUT2D eigenvalue weighted by molar-refractivity contribution is 7.86. The van der Waals surface area contributed by atoms with Crippen LogP contribution in [0.3, 0.4) is 0 Å². The SMILES string of the molecule is CS(=O)(=O)O[n+]1cccc(Cl)c1. The fraction of sp³-hybridized carbons (Fsp3) is 0.167. The van der Waals surface area contributed by atoms with Gasteiger partial charge in [-0.3, -0.25) is 0 Å². The second kappa shape index (κ2) is 3.28. The first-order valence-electron chi connectivity index (χ1n) is 3.04. The Morgan fingerprint density at radius 1 is 1.58 bits per heavy atom. The second-order valence-corrected chi connectivity index (χ2v) is 4.15. The fourth-order valence-corrected chi connectivity index (χ4v) is 1.20. The molecule has 0 radical (unpaired) electrons. The molecule has 0 bridgehead atoms. The number of aromatic nitrogens is 1. The van der Waals surface area contributed by atoms with Crippen LogP contribution in [0.5, 0.6) is 0 Å². The Morgan fingerprint density at radius 3 is 2.75 bits per heavy atom. The van der Waals surface area contributed by atoms with Crippen molar-refractivity contribution in [3.05, 3.63) is 29.5 Å². The van der Waals surface area contributed by atoms with Gasteiger partial charge in [0.25, 0.3) is 0 Å². The summed E-state index contributed by atoms with van der Waals surface area (Å²) >= 11 is 5.58. The summed E-state index contributed by atoms with van der Waals surface area (Å²) in [6, 6.07) is 3.19. The Labute approximate surface area is 75.4 Å². The molecule has 1 heterocycles. The molecule has 0 aliphatic rings. The van der Waals surface area contributed by atoms with Gasteiger partial charge in [-0.2, -0.15) is 8.42 Å². The molecule has 0 N–H and O–H groups in total. The second-order valence-electron chi connectivity index (χ2n) is 2.16. The lowest BCUT2D eigenvalue weighted by molar-refractivity contribution is -0.856. The van der Waals surface area contributed by atoms with Crippen molar-refractivity contribution in [3.8, 4) is 0 Å². The normalized spacial score (nSPS) is 11.2. The number of pyridine rings is 1. The van der Waals surface area contributed by atoms with Crippen LogP contribution < -0.4 is 9.01 Å². The number of halogens is 1. The van der Waals surface area contributed by atoms with Gasteiger partial charge in [0.05, 0.1) is 6.26 Å². The maximum atomic E-state index is 10.6. The number of hydrogen-bond donors (Lipinski definition) is 0. The average Bonchev–Trinajstić information content (AvgIpc) is 1.82. The molecule has 6 heteroatoms. The highest BCUT2D eigenvalue weighted by atomic mass is 35.5. The zero-order chi connectivity index (χ0) is 9.19. The minimum atomic E-state index is -3.49. The van der Waals surface area contributed by atoms with Crippen LogP contribution in [0.1, 0.15) is 0 Å². The summed E-state index contributed by atoms with van der Waals surface area (Å²) in [6.07, 6.45) is 3.75. The third-order valence-electron chi connectivity index (χ3n) is 0.960. The molecule has 4 nitrogen and oxygen atoms in total. The molecule has 0 unspecified atom stereocenters. The molecule has 1 aromatic rings. The van der Waals surface area contributed by atoms with Crippen molar-refractivity contribution in [2.24, 2.45) is 0 Å². The largest absolute Gasteiger partial charge is 0.364 e. The van der Waals surface area contributed by atoms with E-state index in [2.05, 4.69) is 4.28 Å². The van der Waals surface area contributed by atoms with Gasteiger partial charge in [0.2, 0.25) is 12.4 Å². The van der Waals surface area contributed by atoms with Gasteiger partial charge >= 0.3 is 10.1 Å². The topological polar surface area (TPSA) is 47.3 Å². The van der Waals surface area contributed by atoms with Crippen molar-refractivity contribution >= 4 is 21.7 Å². The maximum Gasteiger partial charge on any atom is 0.364 e. The van der Waals surface area contributed by atoms with Crippen LogP contribution >= 0.6 is 11.6 Å². The minimum Gasteiger partial charge on any atom is -0.181 e. The first-order chi connectivity index (χ1) is 5.47.